The third-order valence-corrected chi connectivity index (χ3v) is 2.77. The molecule has 0 aliphatic rings. The molecular weight excluding hydrogens is 216 g/mol. The van der Waals surface area contributed by atoms with Crippen LogP contribution in [-0.2, 0) is 9.53 Å². The van der Waals surface area contributed by atoms with Crippen molar-refractivity contribution in [2.45, 2.75) is 26.7 Å². The Hall–Kier alpha value is -1.64. The van der Waals surface area contributed by atoms with Crippen LogP contribution in [-0.4, -0.2) is 18.9 Å². The summed E-state index contributed by atoms with van der Waals surface area (Å²) >= 11 is 0. The second kappa shape index (κ2) is 5.62. The number of esters is 1. The third-order valence-electron chi connectivity index (χ3n) is 2.77. The summed E-state index contributed by atoms with van der Waals surface area (Å²) in [7, 11) is 1.37. The molecule has 0 spiro atoms. The van der Waals surface area contributed by atoms with Crippen LogP contribution in [0.4, 0.5) is 0 Å². The summed E-state index contributed by atoms with van der Waals surface area (Å²) in [6, 6.07) is 7.13. The van der Waals surface area contributed by atoms with E-state index in [9.17, 15) is 9.59 Å². The molecule has 1 unspecified atom stereocenters. The number of carbonyl (C=O) groups excluding carboxylic acids is 2. The lowest BCUT2D eigenvalue weighted by molar-refractivity contribution is -0.141. The van der Waals surface area contributed by atoms with E-state index < -0.39 is 0 Å². The Morgan fingerprint density at radius 3 is 2.00 bits per heavy atom. The zero-order valence-electron chi connectivity index (χ0n) is 10.7. The number of ketones is 1. The van der Waals surface area contributed by atoms with Crippen molar-refractivity contribution in [3.63, 3.8) is 0 Å². The molecule has 3 nitrogen and oxygen atoms in total. The van der Waals surface area contributed by atoms with E-state index in [0.717, 1.165) is 5.56 Å². The fraction of sp³-hybridized carbons (Fsp3) is 0.429. The van der Waals surface area contributed by atoms with Gasteiger partial charge in [-0.15, -0.1) is 0 Å². The molecule has 0 saturated heterocycles. The summed E-state index contributed by atoms with van der Waals surface area (Å²) in [5.41, 5.74) is 1.54. The minimum absolute atomic E-state index is 0.0149. The van der Waals surface area contributed by atoms with Gasteiger partial charge in [0.1, 0.15) is 0 Å². The summed E-state index contributed by atoms with van der Waals surface area (Å²) in [6.07, 6.45) is 0. The monoisotopic (exact) mass is 234 g/mol. The number of hydrogen-bond donors (Lipinski definition) is 0. The molecule has 0 aliphatic heterocycles. The minimum Gasteiger partial charge on any atom is -0.469 e. The molecule has 92 valence electrons. The van der Waals surface area contributed by atoms with E-state index in [1.807, 2.05) is 13.8 Å². The quantitative estimate of drug-likeness (QED) is 0.594. The normalized spacial score (nSPS) is 12.3. The lowest BCUT2D eigenvalue weighted by Crippen LogP contribution is -2.11. The summed E-state index contributed by atoms with van der Waals surface area (Å²) in [4.78, 5) is 23.1. The van der Waals surface area contributed by atoms with E-state index in [4.69, 9.17) is 0 Å². The Morgan fingerprint density at radius 2 is 1.59 bits per heavy atom. The molecule has 1 aromatic rings. The number of rotatable bonds is 4. The van der Waals surface area contributed by atoms with Gasteiger partial charge in [0.25, 0.3) is 0 Å². The highest BCUT2D eigenvalue weighted by Crippen LogP contribution is 2.18. The van der Waals surface area contributed by atoms with Crippen molar-refractivity contribution in [1.29, 1.82) is 0 Å². The van der Waals surface area contributed by atoms with Gasteiger partial charge in [-0.3, -0.25) is 9.59 Å². The van der Waals surface area contributed by atoms with Gasteiger partial charge in [-0.25, -0.2) is 0 Å². The highest BCUT2D eigenvalue weighted by molar-refractivity contribution is 5.97. The Bertz CT molecular complexity index is 404. The predicted molar refractivity (Wildman–Crippen MR) is 66.0 cm³/mol. The van der Waals surface area contributed by atoms with Crippen LogP contribution in [0.2, 0.25) is 0 Å². The van der Waals surface area contributed by atoms with Gasteiger partial charge in [0.15, 0.2) is 5.78 Å². The van der Waals surface area contributed by atoms with Crippen LogP contribution in [0.3, 0.4) is 0 Å². The number of methoxy groups -OCH3 is 1. The highest BCUT2D eigenvalue weighted by atomic mass is 16.5. The molecular formula is C14H18O3. The Kier molecular flexibility index (Phi) is 4.44. The first kappa shape index (κ1) is 13.4. The van der Waals surface area contributed by atoms with Crippen molar-refractivity contribution in [3.05, 3.63) is 35.4 Å². The second-order valence-corrected chi connectivity index (χ2v) is 4.39. The third kappa shape index (κ3) is 3.16. The van der Waals surface area contributed by atoms with E-state index in [-0.39, 0.29) is 23.6 Å². The van der Waals surface area contributed by atoms with Crippen molar-refractivity contribution in [3.8, 4) is 0 Å². The van der Waals surface area contributed by atoms with Crippen LogP contribution in [0.25, 0.3) is 0 Å². The average molecular weight is 234 g/mol. The molecule has 0 radical (unpaired) electrons. The molecule has 0 saturated carbocycles. The predicted octanol–water partition coefficient (Wildman–Crippen LogP) is 2.80. The van der Waals surface area contributed by atoms with E-state index in [0.29, 0.717) is 5.56 Å². The standard InChI is InChI=1S/C14H18O3/c1-9(2)13(15)12-7-5-11(6-8-12)10(3)14(16)17-4/h5-10H,1-4H3. The molecule has 0 aromatic heterocycles. The first-order chi connectivity index (χ1) is 7.97. The number of hydrogen-bond acceptors (Lipinski definition) is 3. The molecule has 0 heterocycles. The van der Waals surface area contributed by atoms with Gasteiger partial charge in [0, 0.05) is 11.5 Å². The van der Waals surface area contributed by atoms with Gasteiger partial charge >= 0.3 is 5.97 Å². The van der Waals surface area contributed by atoms with Crippen molar-refractivity contribution in [2.75, 3.05) is 7.11 Å². The van der Waals surface area contributed by atoms with Crippen LogP contribution in [0.5, 0.6) is 0 Å². The van der Waals surface area contributed by atoms with Gasteiger partial charge in [0.2, 0.25) is 0 Å². The van der Waals surface area contributed by atoms with Gasteiger partial charge in [0.05, 0.1) is 13.0 Å². The molecule has 1 rings (SSSR count). The summed E-state index contributed by atoms with van der Waals surface area (Å²) in [6.45, 7) is 5.52. The molecule has 3 heteroatoms. The Morgan fingerprint density at radius 1 is 1.06 bits per heavy atom. The number of carbonyl (C=O) groups is 2. The summed E-state index contributed by atoms with van der Waals surface area (Å²) < 4.78 is 4.68. The minimum atomic E-state index is -0.303. The van der Waals surface area contributed by atoms with Gasteiger partial charge in [-0.2, -0.15) is 0 Å². The fourth-order valence-corrected chi connectivity index (χ4v) is 1.58. The van der Waals surface area contributed by atoms with E-state index >= 15 is 0 Å². The van der Waals surface area contributed by atoms with Crippen LogP contribution in [0.15, 0.2) is 24.3 Å². The van der Waals surface area contributed by atoms with E-state index in [1.54, 1.807) is 31.2 Å². The van der Waals surface area contributed by atoms with Crippen LogP contribution in [0, 0.1) is 5.92 Å². The summed E-state index contributed by atoms with van der Waals surface area (Å²) in [5.74, 6) is -0.475. The number of Topliss-reactive ketones (excluding diaryl/α,β-unsaturated/α-hetero) is 1. The maximum Gasteiger partial charge on any atom is 0.312 e. The maximum absolute atomic E-state index is 11.7. The molecule has 17 heavy (non-hydrogen) atoms. The van der Waals surface area contributed by atoms with E-state index in [1.165, 1.54) is 7.11 Å². The summed E-state index contributed by atoms with van der Waals surface area (Å²) in [5, 5.41) is 0. The molecule has 1 atom stereocenters. The molecule has 0 bridgehead atoms. The van der Waals surface area contributed by atoms with Crippen molar-refractivity contribution < 1.29 is 14.3 Å². The van der Waals surface area contributed by atoms with Crippen LogP contribution < -0.4 is 0 Å². The average Bonchev–Trinajstić information content (AvgIpc) is 2.36. The maximum atomic E-state index is 11.7. The van der Waals surface area contributed by atoms with Crippen LogP contribution in [0.1, 0.15) is 42.6 Å². The first-order valence-electron chi connectivity index (χ1n) is 5.69. The zero-order valence-corrected chi connectivity index (χ0v) is 10.7. The smallest absolute Gasteiger partial charge is 0.312 e. The number of benzene rings is 1. The second-order valence-electron chi connectivity index (χ2n) is 4.39. The fourth-order valence-electron chi connectivity index (χ4n) is 1.58. The lowest BCUT2D eigenvalue weighted by Gasteiger charge is -2.10. The lowest BCUT2D eigenvalue weighted by atomic mass is 9.96. The van der Waals surface area contributed by atoms with Gasteiger partial charge < -0.3 is 4.74 Å². The molecule has 1 aromatic carbocycles. The zero-order chi connectivity index (χ0) is 13.0. The molecule has 0 aliphatic carbocycles. The topological polar surface area (TPSA) is 43.4 Å². The van der Waals surface area contributed by atoms with Crippen LogP contribution >= 0.6 is 0 Å². The van der Waals surface area contributed by atoms with Crippen molar-refractivity contribution >= 4 is 11.8 Å². The highest BCUT2D eigenvalue weighted by Gasteiger charge is 2.16. The first-order valence-corrected chi connectivity index (χ1v) is 5.69. The molecule has 0 amide bonds. The van der Waals surface area contributed by atoms with Crippen molar-refractivity contribution in [1.82, 2.24) is 0 Å². The Balaban J connectivity index is 2.88. The Labute approximate surface area is 102 Å². The van der Waals surface area contributed by atoms with Gasteiger partial charge in [-0.05, 0) is 12.5 Å². The van der Waals surface area contributed by atoms with Gasteiger partial charge in [-0.1, -0.05) is 38.1 Å². The van der Waals surface area contributed by atoms with E-state index in [2.05, 4.69) is 4.74 Å². The number of ether oxygens (including phenoxy) is 1. The molecule has 0 fully saturated rings. The largest absolute Gasteiger partial charge is 0.469 e. The molecule has 0 N–H and O–H groups in total. The van der Waals surface area contributed by atoms with Crippen molar-refractivity contribution in [2.24, 2.45) is 5.92 Å². The SMILES string of the molecule is COC(=O)C(C)c1ccc(C(=O)C(C)C)cc1.